The van der Waals surface area contributed by atoms with E-state index in [1.807, 2.05) is 13.0 Å². The minimum absolute atomic E-state index is 0.0510. The van der Waals surface area contributed by atoms with Crippen LogP contribution in [0.1, 0.15) is 49.8 Å². The Hall–Kier alpha value is -1.92. The van der Waals surface area contributed by atoms with E-state index in [2.05, 4.69) is 48.1 Å². The number of nitrogens with one attached hydrogen (secondary N) is 2. The number of hydrogen-bond donors (Lipinski definition) is 2. The molecule has 6 heteroatoms. The van der Waals surface area contributed by atoms with E-state index in [-0.39, 0.29) is 11.7 Å². The Kier molecular flexibility index (Phi) is 6.73. The average molecular weight is 402 g/mol. The number of thiocarbonyl (C=S) groups is 1. The van der Waals surface area contributed by atoms with Crippen LogP contribution in [0.4, 0.5) is 0 Å². The van der Waals surface area contributed by atoms with Crippen LogP contribution in [0.25, 0.3) is 10.9 Å². The molecule has 1 aromatic heterocycles. The first kappa shape index (κ1) is 20.8. The molecule has 1 aliphatic rings. The summed E-state index contributed by atoms with van der Waals surface area (Å²) in [5, 5.41) is 5.12. The molecular weight excluding hydrogens is 370 g/mol. The van der Waals surface area contributed by atoms with Crippen molar-refractivity contribution >= 4 is 28.2 Å². The fourth-order valence-electron chi connectivity index (χ4n) is 3.55. The quantitative estimate of drug-likeness (QED) is 0.721. The molecule has 1 fully saturated rings. The molecule has 2 heterocycles. The third-order valence-electron chi connectivity index (χ3n) is 5.71. The SMILES string of the molecule is CC[C@H](C)NC(=S)N(Cc1cc2ccc(C)c(C)c2[nH]c1=O)C[C@H]1CCCO1. The minimum Gasteiger partial charge on any atom is -0.376 e. The highest BCUT2D eigenvalue weighted by molar-refractivity contribution is 7.80. The number of ether oxygens (including phenoxy) is 1. The number of nitrogens with zero attached hydrogens (tertiary/aromatic N) is 1. The van der Waals surface area contributed by atoms with Crippen molar-refractivity contribution in [1.82, 2.24) is 15.2 Å². The lowest BCUT2D eigenvalue weighted by Gasteiger charge is -2.29. The molecule has 0 saturated carbocycles. The van der Waals surface area contributed by atoms with Gasteiger partial charge < -0.3 is 19.9 Å². The normalized spacial score (nSPS) is 17.6. The maximum atomic E-state index is 12.8. The Morgan fingerprint density at radius 2 is 2.21 bits per heavy atom. The lowest BCUT2D eigenvalue weighted by atomic mass is 10.0. The molecule has 28 heavy (non-hydrogen) atoms. The zero-order chi connectivity index (χ0) is 20.3. The highest BCUT2D eigenvalue weighted by Crippen LogP contribution is 2.20. The Labute approximate surface area is 172 Å². The lowest BCUT2D eigenvalue weighted by molar-refractivity contribution is 0.0895. The van der Waals surface area contributed by atoms with Gasteiger partial charge in [-0.15, -0.1) is 0 Å². The Morgan fingerprint density at radius 1 is 1.43 bits per heavy atom. The van der Waals surface area contributed by atoms with Crippen molar-refractivity contribution in [2.45, 2.75) is 65.6 Å². The molecule has 1 aliphatic heterocycles. The van der Waals surface area contributed by atoms with Crippen LogP contribution in [0, 0.1) is 13.8 Å². The molecular formula is C22H31N3O2S. The third kappa shape index (κ3) is 4.73. The maximum Gasteiger partial charge on any atom is 0.253 e. The fourth-order valence-corrected chi connectivity index (χ4v) is 3.89. The van der Waals surface area contributed by atoms with E-state index in [4.69, 9.17) is 17.0 Å². The molecule has 2 N–H and O–H groups in total. The van der Waals surface area contributed by atoms with Gasteiger partial charge in [-0.25, -0.2) is 0 Å². The van der Waals surface area contributed by atoms with Crippen molar-refractivity contribution in [2.24, 2.45) is 0 Å². The highest BCUT2D eigenvalue weighted by Gasteiger charge is 2.22. The van der Waals surface area contributed by atoms with E-state index >= 15 is 0 Å². The molecule has 0 radical (unpaired) electrons. The van der Waals surface area contributed by atoms with Crippen LogP contribution >= 0.6 is 12.2 Å². The van der Waals surface area contributed by atoms with Crippen LogP contribution in [0.3, 0.4) is 0 Å². The smallest absolute Gasteiger partial charge is 0.253 e. The summed E-state index contributed by atoms with van der Waals surface area (Å²) in [6.45, 7) is 10.3. The Bertz CT molecular complexity index is 903. The lowest BCUT2D eigenvalue weighted by Crippen LogP contribution is -2.46. The monoisotopic (exact) mass is 401 g/mol. The number of rotatable bonds is 6. The third-order valence-corrected chi connectivity index (χ3v) is 6.08. The van der Waals surface area contributed by atoms with Crippen molar-refractivity contribution in [1.29, 1.82) is 0 Å². The number of aryl methyl sites for hydroxylation is 2. The van der Waals surface area contributed by atoms with Crippen molar-refractivity contribution in [3.8, 4) is 0 Å². The van der Waals surface area contributed by atoms with Crippen LogP contribution in [0.15, 0.2) is 23.0 Å². The topological polar surface area (TPSA) is 57.4 Å². The zero-order valence-electron chi connectivity index (χ0n) is 17.3. The second kappa shape index (κ2) is 9.05. The molecule has 0 aliphatic carbocycles. The van der Waals surface area contributed by atoms with Gasteiger partial charge in [0.25, 0.3) is 5.56 Å². The second-order valence-corrected chi connectivity index (χ2v) is 8.26. The van der Waals surface area contributed by atoms with Crippen LogP contribution in [0.2, 0.25) is 0 Å². The van der Waals surface area contributed by atoms with Gasteiger partial charge in [-0.05, 0) is 74.8 Å². The van der Waals surface area contributed by atoms with Crippen LogP contribution in [0.5, 0.6) is 0 Å². The number of aromatic nitrogens is 1. The van der Waals surface area contributed by atoms with Crippen molar-refractivity contribution in [3.05, 3.63) is 45.2 Å². The van der Waals surface area contributed by atoms with Crippen LogP contribution in [-0.4, -0.2) is 40.3 Å². The molecule has 2 atom stereocenters. The number of H-pyrrole nitrogens is 1. The summed E-state index contributed by atoms with van der Waals surface area (Å²) in [5.41, 5.74) is 3.88. The predicted molar refractivity (Wildman–Crippen MR) is 119 cm³/mol. The summed E-state index contributed by atoms with van der Waals surface area (Å²) < 4.78 is 5.82. The molecule has 0 spiro atoms. The van der Waals surface area contributed by atoms with Gasteiger partial charge in [0.05, 0.1) is 18.2 Å². The van der Waals surface area contributed by atoms with Crippen molar-refractivity contribution in [3.63, 3.8) is 0 Å². The highest BCUT2D eigenvalue weighted by atomic mass is 32.1. The van der Waals surface area contributed by atoms with E-state index in [1.165, 1.54) is 5.56 Å². The summed E-state index contributed by atoms with van der Waals surface area (Å²) in [6.07, 6.45) is 3.28. The first-order chi connectivity index (χ1) is 13.4. The molecule has 1 aromatic carbocycles. The molecule has 0 unspecified atom stereocenters. The van der Waals surface area contributed by atoms with E-state index < -0.39 is 0 Å². The van der Waals surface area contributed by atoms with E-state index in [9.17, 15) is 4.79 Å². The Balaban J connectivity index is 1.88. The summed E-state index contributed by atoms with van der Waals surface area (Å²) in [4.78, 5) is 18.0. The van der Waals surface area contributed by atoms with Gasteiger partial charge in [-0.1, -0.05) is 19.1 Å². The van der Waals surface area contributed by atoms with Gasteiger partial charge in [0.1, 0.15) is 0 Å². The first-order valence-corrected chi connectivity index (χ1v) is 10.6. The van der Waals surface area contributed by atoms with Crippen LogP contribution < -0.4 is 10.9 Å². The van der Waals surface area contributed by atoms with Gasteiger partial charge in [0.15, 0.2) is 5.11 Å². The van der Waals surface area contributed by atoms with Gasteiger partial charge in [-0.2, -0.15) is 0 Å². The molecule has 152 valence electrons. The molecule has 0 bridgehead atoms. The van der Waals surface area contributed by atoms with Crippen molar-refractivity contribution < 1.29 is 4.74 Å². The maximum absolute atomic E-state index is 12.8. The van der Waals surface area contributed by atoms with Gasteiger partial charge in [-0.3, -0.25) is 4.79 Å². The standard InChI is InChI=1S/C22H31N3O2S/c1-5-15(3)23-22(28)25(13-19-7-6-10-27-19)12-18-11-17-9-8-14(2)16(4)20(17)24-21(18)26/h8-9,11,15,19H,5-7,10,12-13H2,1-4H3,(H,23,28)(H,24,26)/t15-,19+/m0/s1. The second-order valence-electron chi connectivity index (χ2n) is 7.87. The molecule has 3 rings (SSSR count). The summed E-state index contributed by atoms with van der Waals surface area (Å²) in [5.74, 6) is 0. The van der Waals surface area contributed by atoms with Crippen LogP contribution in [-0.2, 0) is 11.3 Å². The summed E-state index contributed by atoms with van der Waals surface area (Å²) in [7, 11) is 0. The number of aromatic amines is 1. The van der Waals surface area contributed by atoms with E-state index in [1.54, 1.807) is 0 Å². The van der Waals surface area contributed by atoms with Crippen molar-refractivity contribution in [2.75, 3.05) is 13.2 Å². The largest absolute Gasteiger partial charge is 0.376 e. The zero-order valence-corrected chi connectivity index (χ0v) is 18.1. The molecule has 0 amide bonds. The fraction of sp³-hybridized carbons (Fsp3) is 0.545. The average Bonchev–Trinajstić information content (AvgIpc) is 3.18. The summed E-state index contributed by atoms with van der Waals surface area (Å²) in [6, 6.07) is 6.45. The number of hydrogen-bond acceptors (Lipinski definition) is 3. The van der Waals surface area contributed by atoms with Gasteiger partial charge >= 0.3 is 0 Å². The first-order valence-electron chi connectivity index (χ1n) is 10.2. The predicted octanol–water partition coefficient (Wildman–Crippen LogP) is 3.80. The van der Waals surface area contributed by atoms with Gasteiger partial charge in [0, 0.05) is 24.8 Å². The Morgan fingerprint density at radius 3 is 2.89 bits per heavy atom. The number of pyridine rings is 1. The van der Waals surface area contributed by atoms with E-state index in [0.29, 0.717) is 24.2 Å². The number of benzene rings is 1. The molecule has 1 saturated heterocycles. The van der Waals surface area contributed by atoms with E-state index in [0.717, 1.165) is 47.9 Å². The minimum atomic E-state index is -0.0510. The molecule has 2 aromatic rings. The number of fused-ring (bicyclic) bond motifs is 1. The summed E-state index contributed by atoms with van der Waals surface area (Å²) >= 11 is 5.68. The molecule has 5 nitrogen and oxygen atoms in total. The van der Waals surface area contributed by atoms with Gasteiger partial charge in [0.2, 0.25) is 0 Å².